The molecule has 0 unspecified atom stereocenters. The van der Waals surface area contributed by atoms with Crippen LogP contribution in [0, 0.1) is 6.92 Å². The van der Waals surface area contributed by atoms with E-state index in [1.807, 2.05) is 0 Å². The smallest absolute Gasteiger partial charge is 0.255 e. The van der Waals surface area contributed by atoms with Crippen LogP contribution >= 0.6 is 0 Å². The fourth-order valence-electron chi connectivity index (χ4n) is 0.751. The molecule has 72 valence electrons. The van der Waals surface area contributed by atoms with Crippen LogP contribution < -0.4 is 0 Å². The lowest BCUT2D eigenvalue weighted by molar-refractivity contribution is -0.168. The molecule has 0 aliphatic heterocycles. The molecule has 1 heterocycles. The molecule has 1 rings (SSSR count). The Morgan fingerprint density at radius 1 is 1.62 bits per heavy atom. The van der Waals surface area contributed by atoms with Gasteiger partial charge in [-0.1, -0.05) is 0 Å². The molecule has 6 nitrogen and oxygen atoms in total. The van der Waals surface area contributed by atoms with Crippen LogP contribution in [0.25, 0.3) is 0 Å². The first kappa shape index (κ1) is 9.66. The maximum atomic E-state index is 11.2. The molecule has 0 radical (unpaired) electrons. The minimum absolute atomic E-state index is 0.0607. The average molecular weight is 185 g/mol. The fraction of sp³-hybridized carbons (Fsp3) is 0.571. The molecule has 0 N–H and O–H groups in total. The van der Waals surface area contributed by atoms with Crippen LogP contribution in [0.2, 0.25) is 0 Å². The lowest BCUT2D eigenvalue weighted by atomic mass is 10.4. The predicted molar refractivity (Wildman–Crippen MR) is 42.5 cm³/mol. The number of aromatic nitrogens is 2. The summed E-state index contributed by atoms with van der Waals surface area (Å²) in [4.78, 5) is 15.9. The van der Waals surface area contributed by atoms with E-state index in [0.29, 0.717) is 11.8 Å². The number of rotatable bonds is 3. The SMILES string of the molecule is CON(C)C(=O)Cc1nnc(C)o1. The molecule has 1 aromatic rings. The van der Waals surface area contributed by atoms with Gasteiger partial charge in [-0.25, -0.2) is 5.06 Å². The monoisotopic (exact) mass is 185 g/mol. The topological polar surface area (TPSA) is 68.5 Å². The van der Waals surface area contributed by atoms with Gasteiger partial charge in [-0.3, -0.25) is 9.63 Å². The Balaban J connectivity index is 2.54. The number of amides is 1. The van der Waals surface area contributed by atoms with Crippen molar-refractivity contribution in [2.24, 2.45) is 0 Å². The van der Waals surface area contributed by atoms with E-state index < -0.39 is 0 Å². The Morgan fingerprint density at radius 3 is 2.77 bits per heavy atom. The first-order valence-electron chi connectivity index (χ1n) is 3.73. The van der Waals surface area contributed by atoms with Crippen molar-refractivity contribution in [3.63, 3.8) is 0 Å². The molecule has 1 amide bonds. The molecule has 0 spiro atoms. The Kier molecular flexibility index (Phi) is 2.97. The van der Waals surface area contributed by atoms with Crippen LogP contribution in [0.3, 0.4) is 0 Å². The minimum atomic E-state index is -0.230. The largest absolute Gasteiger partial charge is 0.425 e. The summed E-state index contributed by atoms with van der Waals surface area (Å²) >= 11 is 0. The van der Waals surface area contributed by atoms with E-state index in [0.717, 1.165) is 5.06 Å². The number of hydrogen-bond donors (Lipinski definition) is 0. The molecule has 0 saturated carbocycles. The molecular formula is C7H11N3O3. The molecule has 0 fully saturated rings. The molecule has 0 bridgehead atoms. The summed E-state index contributed by atoms with van der Waals surface area (Å²) in [7, 11) is 2.93. The van der Waals surface area contributed by atoms with Gasteiger partial charge in [-0.05, 0) is 0 Å². The third kappa shape index (κ3) is 2.51. The van der Waals surface area contributed by atoms with Crippen molar-refractivity contribution in [1.82, 2.24) is 15.3 Å². The predicted octanol–water partition coefficient (Wildman–Crippen LogP) is -0.0597. The standard InChI is InChI=1S/C7H11N3O3/c1-5-8-9-6(13-5)4-7(11)10(2)12-3/h4H2,1-3H3. The highest BCUT2D eigenvalue weighted by molar-refractivity contribution is 5.76. The van der Waals surface area contributed by atoms with Crippen LogP contribution in [0.1, 0.15) is 11.8 Å². The summed E-state index contributed by atoms with van der Waals surface area (Å²) in [6.07, 6.45) is 0.0607. The summed E-state index contributed by atoms with van der Waals surface area (Å²) in [5.41, 5.74) is 0. The van der Waals surface area contributed by atoms with Gasteiger partial charge in [0.2, 0.25) is 11.8 Å². The van der Waals surface area contributed by atoms with Crippen molar-refractivity contribution in [2.75, 3.05) is 14.2 Å². The van der Waals surface area contributed by atoms with E-state index in [1.165, 1.54) is 14.2 Å². The van der Waals surface area contributed by atoms with Crippen molar-refractivity contribution in [1.29, 1.82) is 0 Å². The van der Waals surface area contributed by atoms with Crippen LogP contribution in [0.4, 0.5) is 0 Å². The zero-order chi connectivity index (χ0) is 9.84. The van der Waals surface area contributed by atoms with Gasteiger partial charge < -0.3 is 4.42 Å². The zero-order valence-electron chi connectivity index (χ0n) is 7.77. The Morgan fingerprint density at radius 2 is 2.31 bits per heavy atom. The summed E-state index contributed by atoms with van der Waals surface area (Å²) < 4.78 is 5.02. The Hall–Kier alpha value is -1.43. The number of carbonyl (C=O) groups is 1. The highest BCUT2D eigenvalue weighted by atomic mass is 16.7. The zero-order valence-corrected chi connectivity index (χ0v) is 7.77. The Labute approximate surface area is 75.4 Å². The fourth-order valence-corrected chi connectivity index (χ4v) is 0.751. The minimum Gasteiger partial charge on any atom is -0.425 e. The summed E-state index contributed by atoms with van der Waals surface area (Å²) in [5, 5.41) is 8.39. The van der Waals surface area contributed by atoms with Crippen molar-refractivity contribution >= 4 is 5.91 Å². The van der Waals surface area contributed by atoms with E-state index in [4.69, 9.17) is 4.42 Å². The number of hydrogen-bond acceptors (Lipinski definition) is 5. The number of likely N-dealkylation sites (N-methyl/N-ethyl adjacent to an activating group) is 1. The highest BCUT2D eigenvalue weighted by Crippen LogP contribution is 2.00. The third-order valence-electron chi connectivity index (χ3n) is 1.50. The van der Waals surface area contributed by atoms with E-state index >= 15 is 0 Å². The van der Waals surface area contributed by atoms with Crippen molar-refractivity contribution in [3.8, 4) is 0 Å². The second kappa shape index (κ2) is 3.99. The van der Waals surface area contributed by atoms with Gasteiger partial charge in [0, 0.05) is 14.0 Å². The second-order valence-electron chi connectivity index (χ2n) is 2.47. The summed E-state index contributed by atoms with van der Waals surface area (Å²) in [6, 6.07) is 0. The van der Waals surface area contributed by atoms with Crippen molar-refractivity contribution < 1.29 is 14.0 Å². The molecule has 0 atom stereocenters. The average Bonchev–Trinajstić information content (AvgIpc) is 2.49. The maximum Gasteiger partial charge on any atom is 0.255 e. The molecule has 6 heteroatoms. The van der Waals surface area contributed by atoms with Crippen molar-refractivity contribution in [3.05, 3.63) is 11.8 Å². The van der Waals surface area contributed by atoms with Gasteiger partial charge >= 0.3 is 0 Å². The quantitative estimate of drug-likeness (QED) is 0.617. The van der Waals surface area contributed by atoms with E-state index in [9.17, 15) is 4.79 Å². The second-order valence-corrected chi connectivity index (χ2v) is 2.47. The van der Waals surface area contributed by atoms with Crippen LogP contribution in [0.15, 0.2) is 4.42 Å². The molecule has 13 heavy (non-hydrogen) atoms. The van der Waals surface area contributed by atoms with Gasteiger partial charge in [0.1, 0.15) is 6.42 Å². The molecule has 0 saturated heterocycles. The number of nitrogens with zero attached hydrogens (tertiary/aromatic N) is 3. The van der Waals surface area contributed by atoms with Crippen LogP contribution in [0.5, 0.6) is 0 Å². The first-order chi connectivity index (χ1) is 6.13. The van der Waals surface area contributed by atoms with E-state index in [2.05, 4.69) is 15.0 Å². The molecule has 0 aromatic carbocycles. The molecule has 0 aliphatic carbocycles. The summed E-state index contributed by atoms with van der Waals surface area (Å²) in [5.74, 6) is 0.514. The normalized spacial score (nSPS) is 10.1. The van der Waals surface area contributed by atoms with Crippen molar-refractivity contribution in [2.45, 2.75) is 13.3 Å². The van der Waals surface area contributed by atoms with Gasteiger partial charge in [0.05, 0.1) is 7.11 Å². The molecular weight excluding hydrogens is 174 g/mol. The van der Waals surface area contributed by atoms with Gasteiger partial charge in [-0.2, -0.15) is 0 Å². The number of hydroxylamine groups is 2. The third-order valence-corrected chi connectivity index (χ3v) is 1.50. The Bertz CT molecular complexity index is 297. The van der Waals surface area contributed by atoms with Crippen LogP contribution in [-0.4, -0.2) is 35.3 Å². The van der Waals surface area contributed by atoms with Gasteiger partial charge in [0.15, 0.2) is 0 Å². The molecule has 1 aromatic heterocycles. The number of aryl methyl sites for hydroxylation is 1. The first-order valence-corrected chi connectivity index (χ1v) is 3.73. The lowest BCUT2D eigenvalue weighted by Crippen LogP contribution is -2.27. The highest BCUT2D eigenvalue weighted by Gasteiger charge is 2.12. The van der Waals surface area contributed by atoms with Gasteiger partial charge in [-0.15, -0.1) is 10.2 Å². The number of carbonyl (C=O) groups excluding carboxylic acids is 1. The summed E-state index contributed by atoms with van der Waals surface area (Å²) in [6.45, 7) is 1.67. The van der Waals surface area contributed by atoms with Crippen LogP contribution in [-0.2, 0) is 16.1 Å². The maximum absolute atomic E-state index is 11.2. The molecule has 0 aliphatic rings. The van der Waals surface area contributed by atoms with E-state index in [-0.39, 0.29) is 12.3 Å². The van der Waals surface area contributed by atoms with E-state index in [1.54, 1.807) is 6.92 Å². The van der Waals surface area contributed by atoms with Gasteiger partial charge in [0.25, 0.3) is 5.91 Å². The lowest BCUT2D eigenvalue weighted by Gasteiger charge is -2.11.